The average molecular weight is 283 g/mol. The van der Waals surface area contributed by atoms with Crippen LogP contribution in [-0.4, -0.2) is 23.7 Å². The SMILES string of the molecule is CCCC(O)CNC(=O)c1ccc(-c2ccccc2)cc1. The van der Waals surface area contributed by atoms with Crippen molar-refractivity contribution in [2.75, 3.05) is 6.54 Å². The fourth-order valence-electron chi connectivity index (χ4n) is 2.19. The van der Waals surface area contributed by atoms with Crippen LogP contribution in [0.1, 0.15) is 30.1 Å². The number of aliphatic hydroxyl groups excluding tert-OH is 1. The number of rotatable bonds is 6. The number of nitrogens with one attached hydrogen (secondary N) is 1. The van der Waals surface area contributed by atoms with Crippen LogP contribution in [-0.2, 0) is 0 Å². The Morgan fingerprint density at radius 2 is 1.67 bits per heavy atom. The second-order valence-electron chi connectivity index (χ2n) is 5.10. The summed E-state index contributed by atoms with van der Waals surface area (Å²) in [7, 11) is 0. The third-order valence-corrected chi connectivity index (χ3v) is 3.37. The van der Waals surface area contributed by atoms with E-state index in [2.05, 4.69) is 5.32 Å². The normalized spacial score (nSPS) is 11.9. The Labute approximate surface area is 125 Å². The van der Waals surface area contributed by atoms with Crippen molar-refractivity contribution in [3.8, 4) is 11.1 Å². The highest BCUT2D eigenvalue weighted by atomic mass is 16.3. The molecule has 1 unspecified atom stereocenters. The minimum absolute atomic E-state index is 0.148. The average Bonchev–Trinajstić information content (AvgIpc) is 2.54. The molecule has 0 saturated heterocycles. The molecule has 21 heavy (non-hydrogen) atoms. The van der Waals surface area contributed by atoms with Crippen molar-refractivity contribution in [1.29, 1.82) is 0 Å². The maximum Gasteiger partial charge on any atom is 0.251 e. The first-order chi connectivity index (χ1) is 10.2. The molecule has 0 fully saturated rings. The molecular weight excluding hydrogens is 262 g/mol. The maximum atomic E-state index is 12.0. The quantitative estimate of drug-likeness (QED) is 0.855. The maximum absolute atomic E-state index is 12.0. The Balaban J connectivity index is 1.97. The topological polar surface area (TPSA) is 49.3 Å². The van der Waals surface area contributed by atoms with Crippen molar-refractivity contribution in [3.63, 3.8) is 0 Å². The summed E-state index contributed by atoms with van der Waals surface area (Å²) in [6.45, 7) is 2.31. The predicted molar refractivity (Wildman–Crippen MR) is 85.1 cm³/mol. The van der Waals surface area contributed by atoms with E-state index in [4.69, 9.17) is 0 Å². The van der Waals surface area contributed by atoms with Gasteiger partial charge < -0.3 is 10.4 Å². The molecule has 1 amide bonds. The van der Waals surface area contributed by atoms with Crippen LogP contribution in [0.3, 0.4) is 0 Å². The fourth-order valence-corrected chi connectivity index (χ4v) is 2.19. The van der Waals surface area contributed by atoms with Gasteiger partial charge in [-0.05, 0) is 29.7 Å². The second kappa shape index (κ2) is 7.60. The number of carbonyl (C=O) groups is 1. The monoisotopic (exact) mass is 283 g/mol. The van der Waals surface area contributed by atoms with E-state index in [1.807, 2.05) is 61.5 Å². The van der Waals surface area contributed by atoms with Gasteiger partial charge in [0.25, 0.3) is 5.91 Å². The van der Waals surface area contributed by atoms with Gasteiger partial charge in [-0.1, -0.05) is 55.8 Å². The molecule has 0 aliphatic carbocycles. The van der Waals surface area contributed by atoms with Gasteiger partial charge in [0.2, 0.25) is 0 Å². The van der Waals surface area contributed by atoms with Crippen LogP contribution in [0.2, 0.25) is 0 Å². The van der Waals surface area contributed by atoms with E-state index in [1.54, 1.807) is 0 Å². The highest BCUT2D eigenvalue weighted by Crippen LogP contribution is 2.19. The van der Waals surface area contributed by atoms with Gasteiger partial charge >= 0.3 is 0 Å². The van der Waals surface area contributed by atoms with Gasteiger partial charge in [-0.2, -0.15) is 0 Å². The van der Waals surface area contributed by atoms with Crippen molar-refractivity contribution >= 4 is 5.91 Å². The Morgan fingerprint density at radius 3 is 2.29 bits per heavy atom. The second-order valence-corrected chi connectivity index (χ2v) is 5.10. The van der Waals surface area contributed by atoms with Crippen LogP contribution in [0.5, 0.6) is 0 Å². The molecule has 0 saturated carbocycles. The zero-order valence-electron chi connectivity index (χ0n) is 12.3. The lowest BCUT2D eigenvalue weighted by atomic mass is 10.0. The Kier molecular flexibility index (Phi) is 5.52. The van der Waals surface area contributed by atoms with Crippen LogP contribution in [0.4, 0.5) is 0 Å². The molecule has 0 aliphatic heterocycles. The third kappa shape index (κ3) is 4.43. The summed E-state index contributed by atoms with van der Waals surface area (Å²) >= 11 is 0. The molecule has 110 valence electrons. The molecule has 1 atom stereocenters. The largest absolute Gasteiger partial charge is 0.391 e. The van der Waals surface area contributed by atoms with Crippen molar-refractivity contribution in [2.24, 2.45) is 0 Å². The summed E-state index contributed by atoms with van der Waals surface area (Å²) in [5, 5.41) is 12.4. The lowest BCUT2D eigenvalue weighted by Crippen LogP contribution is -2.31. The molecule has 2 rings (SSSR count). The van der Waals surface area contributed by atoms with Gasteiger partial charge in [0.05, 0.1) is 6.10 Å². The molecule has 0 aromatic heterocycles. The number of carbonyl (C=O) groups excluding carboxylic acids is 1. The van der Waals surface area contributed by atoms with Crippen LogP contribution in [0.25, 0.3) is 11.1 Å². The molecule has 2 N–H and O–H groups in total. The highest BCUT2D eigenvalue weighted by Gasteiger charge is 2.08. The molecule has 0 aliphatic rings. The number of benzene rings is 2. The van der Waals surface area contributed by atoms with E-state index in [9.17, 15) is 9.90 Å². The molecule has 0 bridgehead atoms. The van der Waals surface area contributed by atoms with E-state index < -0.39 is 6.10 Å². The van der Waals surface area contributed by atoms with Gasteiger partial charge in [0, 0.05) is 12.1 Å². The van der Waals surface area contributed by atoms with Gasteiger partial charge in [-0.15, -0.1) is 0 Å². The molecular formula is C18H21NO2. The van der Waals surface area contributed by atoms with E-state index in [0.717, 1.165) is 17.5 Å². The first-order valence-corrected chi connectivity index (χ1v) is 7.32. The summed E-state index contributed by atoms with van der Waals surface area (Å²) in [6, 6.07) is 17.5. The summed E-state index contributed by atoms with van der Waals surface area (Å²) in [5.41, 5.74) is 2.82. The Hall–Kier alpha value is -2.13. The summed E-state index contributed by atoms with van der Waals surface area (Å²) in [4.78, 5) is 12.0. The van der Waals surface area contributed by atoms with Crippen LogP contribution in [0, 0.1) is 0 Å². The molecule has 3 nitrogen and oxygen atoms in total. The molecule has 0 radical (unpaired) electrons. The van der Waals surface area contributed by atoms with E-state index in [-0.39, 0.29) is 5.91 Å². The van der Waals surface area contributed by atoms with Gasteiger partial charge in [0.15, 0.2) is 0 Å². The fraction of sp³-hybridized carbons (Fsp3) is 0.278. The zero-order valence-corrected chi connectivity index (χ0v) is 12.3. The zero-order chi connectivity index (χ0) is 15.1. The molecule has 2 aromatic carbocycles. The highest BCUT2D eigenvalue weighted by molar-refractivity contribution is 5.94. The van der Waals surface area contributed by atoms with Crippen molar-refractivity contribution < 1.29 is 9.90 Å². The Bertz CT molecular complexity index is 564. The van der Waals surface area contributed by atoms with Gasteiger partial charge in [-0.25, -0.2) is 0 Å². The van der Waals surface area contributed by atoms with Crippen LogP contribution >= 0.6 is 0 Å². The standard InChI is InChI=1S/C18H21NO2/c1-2-6-17(20)13-19-18(21)16-11-9-15(10-12-16)14-7-4-3-5-8-14/h3-5,7-12,17,20H,2,6,13H2,1H3,(H,19,21). The van der Waals surface area contributed by atoms with Crippen LogP contribution < -0.4 is 5.32 Å². The minimum Gasteiger partial charge on any atom is -0.391 e. The first-order valence-electron chi connectivity index (χ1n) is 7.32. The summed E-state index contributed by atoms with van der Waals surface area (Å²) in [6.07, 6.45) is 1.14. The molecule has 0 heterocycles. The summed E-state index contributed by atoms with van der Waals surface area (Å²) < 4.78 is 0. The number of hydrogen-bond acceptors (Lipinski definition) is 2. The van der Waals surface area contributed by atoms with Crippen LogP contribution in [0.15, 0.2) is 54.6 Å². The minimum atomic E-state index is -0.470. The van der Waals surface area contributed by atoms with E-state index in [0.29, 0.717) is 18.5 Å². The number of aliphatic hydroxyl groups is 1. The third-order valence-electron chi connectivity index (χ3n) is 3.37. The van der Waals surface area contributed by atoms with Crippen molar-refractivity contribution in [3.05, 3.63) is 60.2 Å². The van der Waals surface area contributed by atoms with Crippen molar-refractivity contribution in [2.45, 2.75) is 25.9 Å². The number of hydrogen-bond donors (Lipinski definition) is 2. The van der Waals surface area contributed by atoms with Crippen molar-refractivity contribution in [1.82, 2.24) is 5.32 Å². The predicted octanol–water partition coefficient (Wildman–Crippen LogP) is 3.24. The van der Waals surface area contributed by atoms with E-state index in [1.165, 1.54) is 0 Å². The first kappa shape index (κ1) is 15.3. The molecule has 2 aromatic rings. The number of amides is 1. The van der Waals surface area contributed by atoms with Gasteiger partial charge in [0.1, 0.15) is 0 Å². The summed E-state index contributed by atoms with van der Waals surface area (Å²) in [5.74, 6) is -0.148. The Morgan fingerprint density at radius 1 is 1.05 bits per heavy atom. The smallest absolute Gasteiger partial charge is 0.251 e. The van der Waals surface area contributed by atoms with E-state index >= 15 is 0 Å². The van der Waals surface area contributed by atoms with Gasteiger partial charge in [-0.3, -0.25) is 4.79 Å². The molecule has 0 spiro atoms. The molecule has 3 heteroatoms. The lowest BCUT2D eigenvalue weighted by Gasteiger charge is -2.11. The lowest BCUT2D eigenvalue weighted by molar-refractivity contribution is 0.0910.